The van der Waals surface area contributed by atoms with E-state index in [0.29, 0.717) is 17.3 Å². The highest BCUT2D eigenvalue weighted by Crippen LogP contribution is 2.37. The first-order chi connectivity index (χ1) is 14.4. The van der Waals surface area contributed by atoms with Crippen LogP contribution in [-0.2, 0) is 11.3 Å². The monoisotopic (exact) mass is 429 g/mol. The lowest BCUT2D eigenvalue weighted by molar-refractivity contribution is -0.141. The van der Waals surface area contributed by atoms with E-state index in [4.69, 9.17) is 12.2 Å². The van der Waals surface area contributed by atoms with Crippen molar-refractivity contribution in [2.45, 2.75) is 37.3 Å². The molecule has 1 aliphatic carbocycles. The lowest BCUT2D eigenvalue weighted by atomic mass is 9.77. The summed E-state index contributed by atoms with van der Waals surface area (Å²) in [6.07, 6.45) is -2.00. The summed E-state index contributed by atoms with van der Waals surface area (Å²) in [5, 5.41) is 24.4. The first-order valence-corrected chi connectivity index (χ1v) is 10.3. The molecule has 6 nitrogen and oxygen atoms in total. The third kappa shape index (κ3) is 3.78. The molecule has 2 aromatic rings. The standard InChI is InChI=1S/C22H24FN3O3S/c1-25(12-13-5-3-2-4-6-13)21(29)16-11-17(27)20(28)18-19(16)26(22(30)24-18)15-9-7-14(23)8-10-15/h2-10,16-20,27-28H,11-12H2,1H3,(H,24,30). The van der Waals surface area contributed by atoms with Crippen LogP contribution < -0.4 is 10.2 Å². The van der Waals surface area contributed by atoms with E-state index < -0.39 is 30.2 Å². The van der Waals surface area contributed by atoms with Crippen molar-refractivity contribution < 1.29 is 19.4 Å². The minimum Gasteiger partial charge on any atom is -0.390 e. The highest BCUT2D eigenvalue weighted by atomic mass is 32.1. The second kappa shape index (κ2) is 8.29. The normalized spacial score (nSPS) is 28.1. The molecule has 8 heteroatoms. The first-order valence-electron chi connectivity index (χ1n) is 9.87. The molecule has 5 atom stereocenters. The van der Waals surface area contributed by atoms with Crippen molar-refractivity contribution in [2.24, 2.45) is 5.92 Å². The number of carbonyl (C=O) groups excluding carboxylic acids is 1. The van der Waals surface area contributed by atoms with Crippen molar-refractivity contribution in [3.63, 3.8) is 0 Å². The number of nitrogens with zero attached hydrogens (tertiary/aromatic N) is 2. The van der Waals surface area contributed by atoms with Crippen molar-refractivity contribution >= 4 is 28.9 Å². The van der Waals surface area contributed by atoms with Gasteiger partial charge in [-0.2, -0.15) is 0 Å². The second-order valence-corrected chi connectivity index (χ2v) is 8.28. The number of anilines is 1. The quantitative estimate of drug-likeness (QED) is 0.642. The topological polar surface area (TPSA) is 76.0 Å². The van der Waals surface area contributed by atoms with Gasteiger partial charge in [-0.25, -0.2) is 4.39 Å². The van der Waals surface area contributed by atoms with Crippen LogP contribution in [0, 0.1) is 11.7 Å². The van der Waals surface area contributed by atoms with Gasteiger partial charge in [-0.05, 0) is 48.5 Å². The maximum atomic E-state index is 13.4. The van der Waals surface area contributed by atoms with Gasteiger partial charge in [0.1, 0.15) is 11.9 Å². The summed E-state index contributed by atoms with van der Waals surface area (Å²) in [6, 6.07) is 14.4. The van der Waals surface area contributed by atoms with Crippen LogP contribution in [0.5, 0.6) is 0 Å². The molecule has 1 saturated heterocycles. The third-order valence-electron chi connectivity index (χ3n) is 5.91. The third-order valence-corrected chi connectivity index (χ3v) is 6.22. The van der Waals surface area contributed by atoms with Gasteiger partial charge in [0.05, 0.1) is 24.1 Å². The van der Waals surface area contributed by atoms with Crippen LogP contribution >= 0.6 is 12.2 Å². The zero-order chi connectivity index (χ0) is 21.4. The van der Waals surface area contributed by atoms with E-state index in [-0.39, 0.29) is 18.1 Å². The van der Waals surface area contributed by atoms with Gasteiger partial charge >= 0.3 is 0 Å². The van der Waals surface area contributed by atoms with Crippen LogP contribution in [0.4, 0.5) is 10.1 Å². The minimum atomic E-state index is -1.07. The average Bonchev–Trinajstić information content (AvgIpc) is 3.09. The summed E-state index contributed by atoms with van der Waals surface area (Å²) >= 11 is 5.47. The van der Waals surface area contributed by atoms with Crippen molar-refractivity contribution in [1.29, 1.82) is 0 Å². The molecule has 4 rings (SSSR count). The van der Waals surface area contributed by atoms with Crippen LogP contribution in [0.2, 0.25) is 0 Å². The van der Waals surface area contributed by atoms with E-state index >= 15 is 0 Å². The molecule has 1 saturated carbocycles. The van der Waals surface area contributed by atoms with E-state index in [1.807, 2.05) is 30.3 Å². The Hall–Kier alpha value is -2.55. The van der Waals surface area contributed by atoms with Gasteiger partial charge in [0.15, 0.2) is 5.11 Å². The zero-order valence-corrected chi connectivity index (χ0v) is 17.3. The fraction of sp³-hybridized carbons (Fsp3) is 0.364. The Morgan fingerprint density at radius 2 is 1.87 bits per heavy atom. The number of aliphatic hydroxyl groups excluding tert-OH is 2. The molecule has 1 amide bonds. The molecular weight excluding hydrogens is 405 g/mol. The predicted molar refractivity (Wildman–Crippen MR) is 115 cm³/mol. The lowest BCUT2D eigenvalue weighted by Gasteiger charge is -2.42. The lowest BCUT2D eigenvalue weighted by Crippen LogP contribution is -2.61. The fourth-order valence-electron chi connectivity index (χ4n) is 4.45. The van der Waals surface area contributed by atoms with E-state index in [9.17, 15) is 19.4 Å². The van der Waals surface area contributed by atoms with Gasteiger partial charge in [0, 0.05) is 19.3 Å². The molecule has 2 aliphatic rings. The summed E-state index contributed by atoms with van der Waals surface area (Å²) in [7, 11) is 1.73. The number of thiocarbonyl (C=S) groups is 1. The van der Waals surface area contributed by atoms with Gasteiger partial charge in [-0.1, -0.05) is 30.3 Å². The maximum Gasteiger partial charge on any atom is 0.228 e. The van der Waals surface area contributed by atoms with Crippen molar-refractivity contribution in [3.8, 4) is 0 Å². The van der Waals surface area contributed by atoms with Gasteiger partial charge in [-0.15, -0.1) is 0 Å². The zero-order valence-electron chi connectivity index (χ0n) is 16.5. The largest absolute Gasteiger partial charge is 0.390 e. The molecule has 30 heavy (non-hydrogen) atoms. The van der Waals surface area contributed by atoms with Crippen molar-refractivity contribution in [2.75, 3.05) is 11.9 Å². The van der Waals surface area contributed by atoms with Crippen LogP contribution in [0.3, 0.4) is 0 Å². The van der Waals surface area contributed by atoms with Gasteiger partial charge in [0.25, 0.3) is 0 Å². The molecule has 1 heterocycles. The summed E-state index contributed by atoms with van der Waals surface area (Å²) in [5.41, 5.74) is 1.63. The number of fused-ring (bicyclic) bond motifs is 1. The van der Waals surface area contributed by atoms with Crippen LogP contribution in [0.15, 0.2) is 54.6 Å². The molecule has 2 fully saturated rings. The molecule has 158 valence electrons. The summed E-state index contributed by atoms with van der Waals surface area (Å²) < 4.78 is 13.4. The van der Waals surface area contributed by atoms with Crippen molar-refractivity contribution in [3.05, 3.63) is 66.0 Å². The number of benzene rings is 2. The van der Waals surface area contributed by atoms with Gasteiger partial charge in [-0.3, -0.25) is 4.79 Å². The van der Waals surface area contributed by atoms with E-state index in [1.54, 1.807) is 29.0 Å². The molecule has 0 spiro atoms. The summed E-state index contributed by atoms with van der Waals surface area (Å²) in [6.45, 7) is 0.431. The van der Waals surface area contributed by atoms with E-state index in [1.165, 1.54) is 12.1 Å². The Morgan fingerprint density at radius 3 is 2.53 bits per heavy atom. The van der Waals surface area contributed by atoms with Gasteiger partial charge < -0.3 is 25.3 Å². The summed E-state index contributed by atoms with van der Waals surface area (Å²) in [5.74, 6) is -1.11. The van der Waals surface area contributed by atoms with Crippen molar-refractivity contribution in [1.82, 2.24) is 10.2 Å². The highest BCUT2D eigenvalue weighted by Gasteiger charge is 2.54. The Kier molecular flexibility index (Phi) is 5.73. The number of aliphatic hydroxyl groups is 2. The molecule has 5 unspecified atom stereocenters. The Labute approximate surface area is 179 Å². The molecular formula is C22H24FN3O3S. The predicted octanol–water partition coefficient (Wildman–Crippen LogP) is 1.66. The molecule has 0 aromatic heterocycles. The average molecular weight is 430 g/mol. The fourth-order valence-corrected chi connectivity index (χ4v) is 4.81. The molecule has 0 bridgehead atoms. The Morgan fingerprint density at radius 1 is 1.20 bits per heavy atom. The van der Waals surface area contributed by atoms with Crippen LogP contribution in [0.25, 0.3) is 0 Å². The number of carbonyl (C=O) groups is 1. The molecule has 3 N–H and O–H groups in total. The van der Waals surface area contributed by atoms with Gasteiger partial charge in [0.2, 0.25) is 5.91 Å². The number of nitrogens with one attached hydrogen (secondary N) is 1. The smallest absolute Gasteiger partial charge is 0.228 e. The SMILES string of the molecule is CN(Cc1ccccc1)C(=O)C1CC(O)C(O)C2NC(=S)N(c3ccc(F)cc3)C12. The number of rotatable bonds is 4. The number of amides is 1. The van der Waals surface area contributed by atoms with Crippen LogP contribution in [-0.4, -0.2) is 57.5 Å². The number of halogens is 1. The molecule has 2 aromatic carbocycles. The number of hydrogen-bond acceptors (Lipinski definition) is 4. The maximum absolute atomic E-state index is 13.4. The highest BCUT2D eigenvalue weighted by molar-refractivity contribution is 7.80. The second-order valence-electron chi connectivity index (χ2n) is 7.89. The minimum absolute atomic E-state index is 0.113. The summed E-state index contributed by atoms with van der Waals surface area (Å²) in [4.78, 5) is 16.8. The van der Waals surface area contributed by atoms with Crippen LogP contribution in [0.1, 0.15) is 12.0 Å². The van der Waals surface area contributed by atoms with E-state index in [0.717, 1.165) is 5.56 Å². The first kappa shape index (κ1) is 20.7. The Balaban J connectivity index is 1.64. The molecule has 0 radical (unpaired) electrons. The van der Waals surface area contributed by atoms with E-state index in [2.05, 4.69) is 5.32 Å². The Bertz CT molecular complexity index is 927. The number of hydrogen-bond donors (Lipinski definition) is 3. The molecule has 1 aliphatic heterocycles.